The summed E-state index contributed by atoms with van der Waals surface area (Å²) < 4.78 is 0. The number of hydrogen-bond acceptors (Lipinski definition) is 1. The van der Waals surface area contributed by atoms with E-state index in [4.69, 9.17) is 11.6 Å². The van der Waals surface area contributed by atoms with E-state index in [0.29, 0.717) is 0 Å². The molecule has 0 amide bonds. The van der Waals surface area contributed by atoms with Crippen LogP contribution in [0.4, 0.5) is 5.69 Å². The van der Waals surface area contributed by atoms with Crippen molar-refractivity contribution in [2.75, 3.05) is 12.4 Å². The van der Waals surface area contributed by atoms with Crippen LogP contribution in [0, 0.1) is 0 Å². The highest BCUT2D eigenvalue weighted by Crippen LogP contribution is 2.30. The molecule has 1 aromatic carbocycles. The average molecular weight is 196 g/mol. The van der Waals surface area contributed by atoms with E-state index in [1.807, 2.05) is 7.05 Å². The normalized spacial score (nSPS) is 15.2. The molecular formula is C11H14ClN. The molecule has 0 aromatic heterocycles. The molecule has 13 heavy (non-hydrogen) atoms. The predicted molar refractivity (Wildman–Crippen MR) is 57.6 cm³/mol. The molecule has 0 aliphatic heterocycles. The van der Waals surface area contributed by atoms with Crippen LogP contribution in [0.1, 0.15) is 24.0 Å². The molecule has 2 heteroatoms. The molecule has 0 saturated heterocycles. The van der Waals surface area contributed by atoms with E-state index in [-0.39, 0.29) is 0 Å². The minimum Gasteiger partial charge on any atom is -0.387 e. The fourth-order valence-electron chi connectivity index (χ4n) is 1.95. The maximum absolute atomic E-state index is 6.10. The molecule has 2 rings (SSSR count). The Balaban J connectivity index is 2.44. The lowest BCUT2D eigenvalue weighted by Gasteiger charge is -2.17. The maximum atomic E-state index is 6.10. The van der Waals surface area contributed by atoms with Gasteiger partial charge in [-0.05, 0) is 48.9 Å². The molecule has 0 unspecified atom stereocenters. The lowest BCUT2D eigenvalue weighted by atomic mass is 9.91. The van der Waals surface area contributed by atoms with Gasteiger partial charge in [0.2, 0.25) is 0 Å². The smallest absolute Gasteiger partial charge is 0.0640 e. The van der Waals surface area contributed by atoms with Gasteiger partial charge in [-0.25, -0.2) is 0 Å². The van der Waals surface area contributed by atoms with Gasteiger partial charge in [0.1, 0.15) is 0 Å². The largest absolute Gasteiger partial charge is 0.387 e. The van der Waals surface area contributed by atoms with Crippen LogP contribution < -0.4 is 5.32 Å². The molecule has 0 atom stereocenters. The number of anilines is 1. The van der Waals surface area contributed by atoms with Gasteiger partial charge in [-0.3, -0.25) is 0 Å². The van der Waals surface area contributed by atoms with Gasteiger partial charge in [-0.1, -0.05) is 11.6 Å². The first-order valence-electron chi connectivity index (χ1n) is 4.80. The van der Waals surface area contributed by atoms with Crippen molar-refractivity contribution in [2.45, 2.75) is 25.7 Å². The number of hydrogen-bond donors (Lipinski definition) is 1. The van der Waals surface area contributed by atoms with Gasteiger partial charge in [0.05, 0.1) is 10.7 Å². The number of nitrogens with one attached hydrogen (secondary N) is 1. The number of fused-ring (bicyclic) bond motifs is 1. The second kappa shape index (κ2) is 3.59. The molecule has 1 aromatic rings. The molecule has 0 spiro atoms. The van der Waals surface area contributed by atoms with Crippen molar-refractivity contribution >= 4 is 17.3 Å². The Kier molecular flexibility index (Phi) is 2.45. The van der Waals surface area contributed by atoms with Crippen LogP contribution in [0.15, 0.2) is 12.1 Å². The van der Waals surface area contributed by atoms with Crippen molar-refractivity contribution in [1.29, 1.82) is 0 Å². The van der Waals surface area contributed by atoms with Crippen LogP contribution >= 0.6 is 11.6 Å². The monoisotopic (exact) mass is 195 g/mol. The maximum Gasteiger partial charge on any atom is 0.0640 e. The van der Waals surface area contributed by atoms with E-state index in [1.54, 1.807) is 0 Å². The SMILES string of the molecule is CNc1cc2c(cc1Cl)CCCC2. The van der Waals surface area contributed by atoms with Gasteiger partial charge >= 0.3 is 0 Å². The lowest BCUT2D eigenvalue weighted by Crippen LogP contribution is -2.03. The number of benzene rings is 1. The summed E-state index contributed by atoms with van der Waals surface area (Å²) in [5, 5.41) is 3.96. The molecule has 0 radical (unpaired) electrons. The van der Waals surface area contributed by atoms with Crippen LogP contribution in [0.2, 0.25) is 5.02 Å². The standard InChI is InChI=1S/C11H14ClN/c1-13-11-7-9-5-3-2-4-8(9)6-10(11)12/h6-7,13H,2-5H2,1H3. The van der Waals surface area contributed by atoms with Crippen molar-refractivity contribution in [3.8, 4) is 0 Å². The Bertz CT molecular complexity index is 320. The van der Waals surface area contributed by atoms with Crippen molar-refractivity contribution in [3.05, 3.63) is 28.3 Å². The van der Waals surface area contributed by atoms with Crippen molar-refractivity contribution < 1.29 is 0 Å². The average Bonchev–Trinajstić information content (AvgIpc) is 2.17. The Morgan fingerprint density at radius 1 is 1.15 bits per heavy atom. The third-order valence-electron chi connectivity index (χ3n) is 2.70. The van der Waals surface area contributed by atoms with Gasteiger partial charge in [0, 0.05) is 7.05 Å². The van der Waals surface area contributed by atoms with Gasteiger partial charge in [0.25, 0.3) is 0 Å². The number of rotatable bonds is 1. The zero-order chi connectivity index (χ0) is 9.26. The van der Waals surface area contributed by atoms with Gasteiger partial charge in [-0.2, -0.15) is 0 Å². The first-order chi connectivity index (χ1) is 6.31. The topological polar surface area (TPSA) is 12.0 Å². The third-order valence-corrected chi connectivity index (χ3v) is 3.01. The summed E-state index contributed by atoms with van der Waals surface area (Å²) in [6.07, 6.45) is 5.03. The summed E-state index contributed by atoms with van der Waals surface area (Å²) in [5.41, 5.74) is 3.97. The third kappa shape index (κ3) is 1.66. The molecular weight excluding hydrogens is 182 g/mol. The molecule has 1 nitrogen and oxygen atoms in total. The fourth-order valence-corrected chi connectivity index (χ4v) is 2.23. The van der Waals surface area contributed by atoms with E-state index < -0.39 is 0 Å². The Hall–Kier alpha value is -0.690. The van der Waals surface area contributed by atoms with E-state index >= 15 is 0 Å². The van der Waals surface area contributed by atoms with E-state index in [9.17, 15) is 0 Å². The Labute approximate surface area is 84.1 Å². The summed E-state index contributed by atoms with van der Waals surface area (Å²) in [5.74, 6) is 0. The van der Waals surface area contributed by atoms with Crippen LogP contribution in [0.25, 0.3) is 0 Å². The zero-order valence-corrected chi connectivity index (χ0v) is 8.62. The second-order valence-corrected chi connectivity index (χ2v) is 3.97. The lowest BCUT2D eigenvalue weighted by molar-refractivity contribution is 0.686. The quantitative estimate of drug-likeness (QED) is 0.726. The van der Waals surface area contributed by atoms with Crippen molar-refractivity contribution in [1.82, 2.24) is 0 Å². The van der Waals surface area contributed by atoms with Crippen LogP contribution in [-0.4, -0.2) is 7.05 Å². The van der Waals surface area contributed by atoms with E-state index in [1.165, 1.54) is 36.8 Å². The highest BCUT2D eigenvalue weighted by atomic mass is 35.5. The van der Waals surface area contributed by atoms with Crippen LogP contribution in [0.3, 0.4) is 0 Å². The second-order valence-electron chi connectivity index (χ2n) is 3.56. The summed E-state index contributed by atoms with van der Waals surface area (Å²) in [4.78, 5) is 0. The summed E-state index contributed by atoms with van der Waals surface area (Å²) in [7, 11) is 1.91. The van der Waals surface area contributed by atoms with E-state index in [2.05, 4.69) is 17.4 Å². The highest BCUT2D eigenvalue weighted by molar-refractivity contribution is 6.33. The molecule has 0 saturated carbocycles. The minimum atomic E-state index is 0.850. The Morgan fingerprint density at radius 2 is 1.77 bits per heavy atom. The van der Waals surface area contributed by atoms with Crippen LogP contribution in [-0.2, 0) is 12.8 Å². The summed E-state index contributed by atoms with van der Waals surface area (Å²) >= 11 is 6.10. The van der Waals surface area contributed by atoms with Crippen LogP contribution in [0.5, 0.6) is 0 Å². The van der Waals surface area contributed by atoms with E-state index in [0.717, 1.165) is 10.7 Å². The van der Waals surface area contributed by atoms with Gasteiger partial charge < -0.3 is 5.32 Å². The highest BCUT2D eigenvalue weighted by Gasteiger charge is 2.11. The van der Waals surface area contributed by atoms with Crippen molar-refractivity contribution in [2.24, 2.45) is 0 Å². The summed E-state index contributed by atoms with van der Waals surface area (Å²) in [6, 6.07) is 4.30. The minimum absolute atomic E-state index is 0.850. The zero-order valence-electron chi connectivity index (χ0n) is 7.86. The first-order valence-corrected chi connectivity index (χ1v) is 5.18. The molecule has 0 fully saturated rings. The molecule has 1 aliphatic carbocycles. The molecule has 1 aliphatic rings. The van der Waals surface area contributed by atoms with Gasteiger partial charge in [-0.15, -0.1) is 0 Å². The predicted octanol–water partition coefficient (Wildman–Crippen LogP) is 3.26. The number of aryl methyl sites for hydroxylation is 2. The molecule has 70 valence electrons. The first kappa shape index (κ1) is 8.89. The molecule has 0 bridgehead atoms. The Morgan fingerprint density at radius 3 is 2.38 bits per heavy atom. The van der Waals surface area contributed by atoms with Gasteiger partial charge in [0.15, 0.2) is 0 Å². The number of halogens is 1. The summed E-state index contributed by atoms with van der Waals surface area (Å²) in [6.45, 7) is 0. The molecule has 1 N–H and O–H groups in total. The molecule has 0 heterocycles. The fraction of sp³-hybridized carbons (Fsp3) is 0.455. The van der Waals surface area contributed by atoms with Crippen molar-refractivity contribution in [3.63, 3.8) is 0 Å².